The van der Waals surface area contributed by atoms with Gasteiger partial charge in [-0.15, -0.1) is 0 Å². The molecule has 0 bridgehead atoms. The molecule has 5 nitrogen and oxygen atoms in total. The van der Waals surface area contributed by atoms with E-state index in [1.165, 1.54) is 6.20 Å². The molecule has 0 spiro atoms. The Labute approximate surface area is 139 Å². The minimum Gasteiger partial charge on any atom is -0.327 e. The maximum Gasteiger partial charge on any atom is 0.313 e. The monoisotopic (exact) mass is 329 g/mol. The summed E-state index contributed by atoms with van der Waals surface area (Å²) in [7, 11) is 0. The van der Waals surface area contributed by atoms with Crippen LogP contribution in [0.1, 0.15) is 24.4 Å². The van der Waals surface area contributed by atoms with Crippen LogP contribution >= 0.6 is 11.6 Å². The number of nitrogens with one attached hydrogen (secondary N) is 1. The Morgan fingerprint density at radius 2 is 2.04 bits per heavy atom. The molecule has 2 aromatic rings. The van der Waals surface area contributed by atoms with Crippen molar-refractivity contribution in [1.82, 2.24) is 9.88 Å². The van der Waals surface area contributed by atoms with Crippen LogP contribution in [-0.2, 0) is 9.59 Å². The lowest BCUT2D eigenvalue weighted by Crippen LogP contribution is -2.39. The van der Waals surface area contributed by atoms with Gasteiger partial charge in [-0.3, -0.25) is 14.6 Å². The molecule has 1 aromatic carbocycles. The summed E-state index contributed by atoms with van der Waals surface area (Å²) in [6.07, 6.45) is 4.75. The number of likely N-dealkylation sites (tertiary alicyclic amines) is 1. The van der Waals surface area contributed by atoms with E-state index in [4.69, 9.17) is 11.6 Å². The highest BCUT2D eigenvalue weighted by molar-refractivity contribution is 6.39. The second-order valence-electron chi connectivity index (χ2n) is 5.37. The molecule has 118 valence electrons. The van der Waals surface area contributed by atoms with Crippen molar-refractivity contribution in [3.63, 3.8) is 0 Å². The number of carbonyl (C=O) groups is 2. The third-order valence-corrected chi connectivity index (χ3v) is 4.24. The minimum absolute atomic E-state index is 0.157. The highest BCUT2D eigenvalue weighted by atomic mass is 35.5. The van der Waals surface area contributed by atoms with Crippen LogP contribution in [0.4, 0.5) is 5.69 Å². The topological polar surface area (TPSA) is 62.3 Å². The predicted octanol–water partition coefficient (Wildman–Crippen LogP) is 3.04. The molecule has 1 saturated heterocycles. The molecule has 1 aliphatic heterocycles. The number of pyridine rings is 1. The summed E-state index contributed by atoms with van der Waals surface area (Å²) in [5, 5.41) is 3.20. The van der Waals surface area contributed by atoms with Crippen molar-refractivity contribution < 1.29 is 9.59 Å². The molecular formula is C17H16ClN3O2. The number of amides is 2. The SMILES string of the molecule is O=C(Nc1cccnc1)C(=O)N1CCC[C@@H]1c1ccccc1Cl. The second kappa shape index (κ2) is 6.79. The van der Waals surface area contributed by atoms with Crippen molar-refractivity contribution in [3.8, 4) is 0 Å². The average molecular weight is 330 g/mol. The quantitative estimate of drug-likeness (QED) is 0.861. The summed E-state index contributed by atoms with van der Waals surface area (Å²) >= 11 is 6.24. The first kappa shape index (κ1) is 15.5. The van der Waals surface area contributed by atoms with E-state index in [9.17, 15) is 9.59 Å². The van der Waals surface area contributed by atoms with E-state index in [2.05, 4.69) is 10.3 Å². The smallest absolute Gasteiger partial charge is 0.313 e. The maximum atomic E-state index is 12.5. The van der Waals surface area contributed by atoms with E-state index in [1.807, 2.05) is 18.2 Å². The van der Waals surface area contributed by atoms with Gasteiger partial charge in [0.2, 0.25) is 0 Å². The molecule has 0 aliphatic carbocycles. The number of benzene rings is 1. The summed E-state index contributed by atoms with van der Waals surface area (Å²) in [4.78, 5) is 30.2. The Kier molecular flexibility index (Phi) is 4.57. The first-order chi connectivity index (χ1) is 11.2. The molecule has 23 heavy (non-hydrogen) atoms. The highest BCUT2D eigenvalue weighted by Gasteiger charge is 2.34. The van der Waals surface area contributed by atoms with Gasteiger partial charge in [0.25, 0.3) is 0 Å². The molecule has 1 aromatic heterocycles. The van der Waals surface area contributed by atoms with Crippen LogP contribution in [0.25, 0.3) is 0 Å². The number of halogens is 1. The van der Waals surface area contributed by atoms with Crippen LogP contribution in [0.2, 0.25) is 5.02 Å². The Hall–Kier alpha value is -2.40. The number of hydrogen-bond donors (Lipinski definition) is 1. The van der Waals surface area contributed by atoms with Crippen molar-refractivity contribution in [3.05, 3.63) is 59.4 Å². The fourth-order valence-electron chi connectivity index (χ4n) is 2.83. The first-order valence-electron chi connectivity index (χ1n) is 7.43. The van der Waals surface area contributed by atoms with Gasteiger partial charge in [-0.2, -0.15) is 0 Å². The number of hydrogen-bond acceptors (Lipinski definition) is 3. The van der Waals surface area contributed by atoms with Gasteiger partial charge in [0, 0.05) is 17.8 Å². The Morgan fingerprint density at radius 3 is 2.78 bits per heavy atom. The molecule has 2 amide bonds. The van der Waals surface area contributed by atoms with Crippen molar-refractivity contribution in [2.24, 2.45) is 0 Å². The molecule has 1 N–H and O–H groups in total. The third-order valence-electron chi connectivity index (χ3n) is 3.89. The van der Waals surface area contributed by atoms with Crippen LogP contribution in [0, 0.1) is 0 Å². The number of carbonyl (C=O) groups excluding carboxylic acids is 2. The third kappa shape index (κ3) is 3.35. The van der Waals surface area contributed by atoms with Crippen molar-refractivity contribution in [2.75, 3.05) is 11.9 Å². The normalized spacial score (nSPS) is 17.1. The van der Waals surface area contributed by atoms with Gasteiger partial charge < -0.3 is 10.2 Å². The number of nitrogens with zero attached hydrogens (tertiary/aromatic N) is 2. The molecule has 1 atom stereocenters. The van der Waals surface area contributed by atoms with E-state index < -0.39 is 11.8 Å². The summed E-state index contributed by atoms with van der Waals surface area (Å²) < 4.78 is 0. The highest BCUT2D eigenvalue weighted by Crippen LogP contribution is 2.35. The fraction of sp³-hybridized carbons (Fsp3) is 0.235. The summed E-state index contributed by atoms with van der Waals surface area (Å²) in [6.45, 7) is 0.551. The molecule has 0 unspecified atom stereocenters. The summed E-state index contributed by atoms with van der Waals surface area (Å²) in [5.41, 5.74) is 1.38. The summed E-state index contributed by atoms with van der Waals surface area (Å²) in [5.74, 6) is -1.20. The molecule has 6 heteroatoms. The van der Waals surface area contributed by atoms with E-state index in [-0.39, 0.29) is 6.04 Å². The van der Waals surface area contributed by atoms with E-state index in [0.29, 0.717) is 17.3 Å². The van der Waals surface area contributed by atoms with Gasteiger partial charge in [-0.05, 0) is 36.6 Å². The lowest BCUT2D eigenvalue weighted by molar-refractivity contribution is -0.143. The summed E-state index contributed by atoms with van der Waals surface area (Å²) in [6, 6.07) is 10.7. The molecule has 1 fully saturated rings. The van der Waals surface area contributed by atoms with Crippen LogP contribution in [0.5, 0.6) is 0 Å². The fourth-order valence-corrected chi connectivity index (χ4v) is 3.09. The van der Waals surface area contributed by atoms with Crippen LogP contribution in [-0.4, -0.2) is 28.2 Å². The molecule has 3 rings (SSSR count). The Bertz CT molecular complexity index is 721. The number of rotatable bonds is 2. The van der Waals surface area contributed by atoms with E-state index in [1.54, 1.807) is 29.3 Å². The van der Waals surface area contributed by atoms with E-state index >= 15 is 0 Å². The van der Waals surface area contributed by atoms with E-state index in [0.717, 1.165) is 18.4 Å². The molecule has 0 saturated carbocycles. The van der Waals surface area contributed by atoms with Gasteiger partial charge >= 0.3 is 11.8 Å². The predicted molar refractivity (Wildman–Crippen MR) is 88.0 cm³/mol. The molecule has 0 radical (unpaired) electrons. The Morgan fingerprint density at radius 1 is 1.22 bits per heavy atom. The standard InChI is InChI=1S/C17H16ClN3O2/c18-14-7-2-1-6-13(14)15-8-4-10-21(15)17(23)16(22)20-12-5-3-9-19-11-12/h1-3,5-7,9,11,15H,4,8,10H2,(H,20,22)/t15-/m1/s1. The van der Waals surface area contributed by atoms with Crippen LogP contribution in [0.15, 0.2) is 48.8 Å². The van der Waals surface area contributed by atoms with Gasteiger partial charge in [-0.25, -0.2) is 0 Å². The largest absolute Gasteiger partial charge is 0.327 e. The number of aromatic nitrogens is 1. The zero-order chi connectivity index (χ0) is 16.2. The molecule has 2 heterocycles. The minimum atomic E-state index is -0.656. The lowest BCUT2D eigenvalue weighted by atomic mass is 10.0. The average Bonchev–Trinajstić information content (AvgIpc) is 3.04. The van der Waals surface area contributed by atoms with Crippen molar-refractivity contribution >= 4 is 29.1 Å². The zero-order valence-electron chi connectivity index (χ0n) is 12.4. The van der Waals surface area contributed by atoms with Gasteiger partial charge in [0.15, 0.2) is 0 Å². The maximum absolute atomic E-state index is 12.5. The number of anilines is 1. The molecule has 1 aliphatic rings. The van der Waals surface area contributed by atoms with Gasteiger partial charge in [0.05, 0.1) is 17.9 Å². The second-order valence-corrected chi connectivity index (χ2v) is 5.78. The van der Waals surface area contributed by atoms with Crippen LogP contribution in [0.3, 0.4) is 0 Å². The first-order valence-corrected chi connectivity index (χ1v) is 7.81. The van der Waals surface area contributed by atoms with Crippen LogP contribution < -0.4 is 5.32 Å². The Balaban J connectivity index is 1.76. The van der Waals surface area contributed by atoms with Gasteiger partial charge in [-0.1, -0.05) is 29.8 Å². The van der Waals surface area contributed by atoms with Gasteiger partial charge in [0.1, 0.15) is 0 Å². The van der Waals surface area contributed by atoms with Crippen molar-refractivity contribution in [1.29, 1.82) is 0 Å². The van der Waals surface area contributed by atoms with Crippen molar-refractivity contribution in [2.45, 2.75) is 18.9 Å². The lowest BCUT2D eigenvalue weighted by Gasteiger charge is -2.25. The zero-order valence-corrected chi connectivity index (χ0v) is 13.2. The molecular weight excluding hydrogens is 314 g/mol.